The molecule has 0 aliphatic carbocycles. The minimum Gasteiger partial charge on any atom is -0.303 e. The fourth-order valence-electron chi connectivity index (χ4n) is 1.97. The van der Waals surface area contributed by atoms with Gasteiger partial charge in [0.1, 0.15) is 0 Å². The summed E-state index contributed by atoms with van der Waals surface area (Å²) < 4.78 is 0. The van der Waals surface area contributed by atoms with Crippen LogP contribution in [0.25, 0.3) is 0 Å². The molecule has 0 atom stereocenters. The van der Waals surface area contributed by atoms with Crippen molar-refractivity contribution in [1.82, 2.24) is 4.90 Å². The molecule has 1 heteroatoms. The molecule has 0 saturated carbocycles. The molecule has 1 aliphatic rings. The van der Waals surface area contributed by atoms with E-state index < -0.39 is 0 Å². The van der Waals surface area contributed by atoms with Crippen molar-refractivity contribution >= 4 is 0 Å². The predicted molar refractivity (Wildman–Crippen MR) is 68.1 cm³/mol. The third-order valence-electron chi connectivity index (χ3n) is 3.03. The third-order valence-corrected chi connectivity index (χ3v) is 3.03. The molecule has 0 aromatic rings. The van der Waals surface area contributed by atoms with Crippen LogP contribution >= 0.6 is 0 Å². The molecule has 0 N–H and O–H groups in total. The van der Waals surface area contributed by atoms with Gasteiger partial charge in [0.25, 0.3) is 0 Å². The summed E-state index contributed by atoms with van der Waals surface area (Å²) >= 11 is 0. The van der Waals surface area contributed by atoms with E-state index in [0.29, 0.717) is 0 Å². The molecule has 0 amide bonds. The van der Waals surface area contributed by atoms with Gasteiger partial charge in [0.05, 0.1) is 0 Å². The van der Waals surface area contributed by atoms with Crippen LogP contribution in [0.15, 0.2) is 23.8 Å². The van der Waals surface area contributed by atoms with Crippen molar-refractivity contribution in [2.24, 2.45) is 0 Å². The Bertz CT molecular complexity index is 209. The minimum absolute atomic E-state index is 1.11. The van der Waals surface area contributed by atoms with Crippen LogP contribution in [0, 0.1) is 0 Å². The van der Waals surface area contributed by atoms with Crippen molar-refractivity contribution in [1.29, 1.82) is 0 Å². The lowest BCUT2D eigenvalue weighted by Gasteiger charge is -2.14. The number of likely N-dealkylation sites (tertiary alicyclic amines) is 1. The molecule has 0 radical (unpaired) electrons. The Balaban J connectivity index is 2.10. The van der Waals surface area contributed by atoms with Gasteiger partial charge in [-0.3, -0.25) is 0 Å². The Morgan fingerprint density at radius 3 is 2.60 bits per heavy atom. The largest absolute Gasteiger partial charge is 0.303 e. The van der Waals surface area contributed by atoms with Crippen molar-refractivity contribution in [2.45, 2.75) is 46.0 Å². The van der Waals surface area contributed by atoms with Gasteiger partial charge in [-0.1, -0.05) is 30.7 Å². The number of allylic oxidation sites excluding steroid dienone is 3. The van der Waals surface area contributed by atoms with Crippen molar-refractivity contribution < 1.29 is 0 Å². The first-order valence-corrected chi connectivity index (χ1v) is 6.36. The molecule has 0 unspecified atom stereocenters. The first kappa shape index (κ1) is 12.5. The van der Waals surface area contributed by atoms with E-state index in [2.05, 4.69) is 37.0 Å². The second-order valence-electron chi connectivity index (χ2n) is 4.46. The lowest BCUT2D eigenvalue weighted by molar-refractivity contribution is 0.343. The smallest absolute Gasteiger partial charge is 0.00185 e. The maximum absolute atomic E-state index is 2.58. The molecular weight excluding hydrogens is 182 g/mol. The van der Waals surface area contributed by atoms with Crippen molar-refractivity contribution in [3.63, 3.8) is 0 Å². The highest BCUT2D eigenvalue weighted by molar-refractivity contribution is 5.02. The van der Waals surface area contributed by atoms with Crippen LogP contribution in [0.2, 0.25) is 0 Å². The monoisotopic (exact) mass is 207 g/mol. The molecule has 1 nitrogen and oxygen atoms in total. The standard InChI is InChI=1S/C14H25N/c1-3-4-5-6-9-14(2)10-13-15-11-7-8-12-15/h4-5,9H,3,6-8,10-13H2,1-2H3/b5-4-,14-9+. The summed E-state index contributed by atoms with van der Waals surface area (Å²) in [5.41, 5.74) is 1.54. The molecule has 86 valence electrons. The summed E-state index contributed by atoms with van der Waals surface area (Å²) in [4.78, 5) is 2.58. The Morgan fingerprint density at radius 1 is 1.20 bits per heavy atom. The molecule has 0 spiro atoms. The summed E-state index contributed by atoms with van der Waals surface area (Å²) in [6.07, 6.45) is 13.2. The van der Waals surface area contributed by atoms with Gasteiger partial charge >= 0.3 is 0 Å². The van der Waals surface area contributed by atoms with Crippen molar-refractivity contribution in [2.75, 3.05) is 19.6 Å². The van der Waals surface area contributed by atoms with Crippen LogP contribution in [-0.2, 0) is 0 Å². The van der Waals surface area contributed by atoms with Crippen molar-refractivity contribution in [3.8, 4) is 0 Å². The van der Waals surface area contributed by atoms with E-state index in [1.54, 1.807) is 5.57 Å². The maximum Gasteiger partial charge on any atom is 0.00185 e. The van der Waals surface area contributed by atoms with E-state index in [1.807, 2.05) is 0 Å². The zero-order valence-electron chi connectivity index (χ0n) is 10.3. The molecule has 1 aliphatic heterocycles. The molecule has 1 rings (SSSR count). The molecule has 1 heterocycles. The minimum atomic E-state index is 1.11. The van der Waals surface area contributed by atoms with Crippen molar-refractivity contribution in [3.05, 3.63) is 23.8 Å². The van der Waals surface area contributed by atoms with E-state index in [4.69, 9.17) is 0 Å². The normalized spacial score (nSPS) is 19.2. The van der Waals surface area contributed by atoms with Gasteiger partial charge in [-0.05, 0) is 52.1 Å². The average molecular weight is 207 g/mol. The van der Waals surface area contributed by atoms with Crippen LogP contribution < -0.4 is 0 Å². The zero-order chi connectivity index (χ0) is 10.9. The van der Waals surface area contributed by atoms with Gasteiger partial charge in [0.2, 0.25) is 0 Å². The van der Waals surface area contributed by atoms with E-state index >= 15 is 0 Å². The van der Waals surface area contributed by atoms with Gasteiger partial charge < -0.3 is 4.90 Å². The van der Waals surface area contributed by atoms with Crippen LogP contribution in [0.1, 0.15) is 46.0 Å². The number of nitrogens with zero attached hydrogens (tertiary/aromatic N) is 1. The summed E-state index contributed by atoms with van der Waals surface area (Å²) in [6, 6.07) is 0. The van der Waals surface area contributed by atoms with Gasteiger partial charge in [0, 0.05) is 6.54 Å². The summed E-state index contributed by atoms with van der Waals surface area (Å²) in [5, 5.41) is 0. The quantitative estimate of drug-likeness (QED) is 0.599. The molecule has 0 aromatic carbocycles. The second kappa shape index (κ2) is 7.70. The Morgan fingerprint density at radius 2 is 1.93 bits per heavy atom. The summed E-state index contributed by atoms with van der Waals surface area (Å²) in [7, 11) is 0. The van der Waals surface area contributed by atoms with E-state index in [9.17, 15) is 0 Å². The maximum atomic E-state index is 2.58. The molecule has 0 bridgehead atoms. The summed E-state index contributed by atoms with van der Waals surface area (Å²) in [5.74, 6) is 0. The third kappa shape index (κ3) is 5.78. The van der Waals surface area contributed by atoms with E-state index in [0.717, 1.165) is 12.8 Å². The van der Waals surface area contributed by atoms with Gasteiger partial charge in [-0.25, -0.2) is 0 Å². The zero-order valence-corrected chi connectivity index (χ0v) is 10.3. The van der Waals surface area contributed by atoms with Crippen LogP contribution in [0.5, 0.6) is 0 Å². The average Bonchev–Trinajstić information content (AvgIpc) is 2.74. The molecule has 0 aromatic heterocycles. The summed E-state index contributed by atoms with van der Waals surface area (Å²) in [6.45, 7) is 8.35. The second-order valence-corrected chi connectivity index (χ2v) is 4.46. The predicted octanol–water partition coefficient (Wildman–Crippen LogP) is 3.77. The lowest BCUT2D eigenvalue weighted by atomic mass is 10.1. The highest BCUT2D eigenvalue weighted by Gasteiger charge is 2.10. The Kier molecular flexibility index (Phi) is 6.42. The topological polar surface area (TPSA) is 3.24 Å². The molecule has 1 fully saturated rings. The number of hydrogen-bond donors (Lipinski definition) is 0. The van der Waals surface area contributed by atoms with Gasteiger partial charge in [0.15, 0.2) is 0 Å². The Hall–Kier alpha value is -0.560. The van der Waals surface area contributed by atoms with E-state index in [1.165, 1.54) is 38.9 Å². The number of rotatable bonds is 6. The molecule has 15 heavy (non-hydrogen) atoms. The van der Waals surface area contributed by atoms with Crippen LogP contribution in [0.3, 0.4) is 0 Å². The number of hydrogen-bond acceptors (Lipinski definition) is 1. The van der Waals surface area contributed by atoms with Crippen LogP contribution in [0.4, 0.5) is 0 Å². The van der Waals surface area contributed by atoms with Gasteiger partial charge in [-0.2, -0.15) is 0 Å². The fraction of sp³-hybridized carbons (Fsp3) is 0.714. The first-order chi connectivity index (χ1) is 7.33. The Labute approximate surface area is 94.9 Å². The molecular formula is C14H25N. The fourth-order valence-corrected chi connectivity index (χ4v) is 1.97. The van der Waals surface area contributed by atoms with Gasteiger partial charge in [-0.15, -0.1) is 0 Å². The highest BCUT2D eigenvalue weighted by Crippen LogP contribution is 2.10. The van der Waals surface area contributed by atoms with Crippen LogP contribution in [-0.4, -0.2) is 24.5 Å². The first-order valence-electron chi connectivity index (χ1n) is 6.36. The van der Waals surface area contributed by atoms with E-state index in [-0.39, 0.29) is 0 Å². The highest BCUT2D eigenvalue weighted by atomic mass is 15.1. The molecule has 1 saturated heterocycles. The SMILES string of the molecule is CC/C=C\C/C=C(\C)CCN1CCCC1. The lowest BCUT2D eigenvalue weighted by Crippen LogP contribution is -2.20.